The highest BCUT2D eigenvalue weighted by Crippen LogP contribution is 2.37. The zero-order valence-corrected chi connectivity index (χ0v) is 14.6. The van der Waals surface area contributed by atoms with E-state index in [1.54, 1.807) is 12.1 Å². The van der Waals surface area contributed by atoms with E-state index in [0.717, 1.165) is 29.9 Å². The summed E-state index contributed by atoms with van der Waals surface area (Å²) in [6.45, 7) is 4.41. The van der Waals surface area contributed by atoms with Crippen LogP contribution in [-0.4, -0.2) is 32.7 Å². The van der Waals surface area contributed by atoms with Crippen molar-refractivity contribution in [1.82, 2.24) is 20.3 Å². The Balaban J connectivity index is 1.69. The smallest absolute Gasteiger partial charge is 0.258 e. The molecule has 1 fully saturated rings. The standard InChI is InChI=1S/C19H19FN4O2/c1-11-17(12(2)26-23-11)16-7-4-8-24(16)19(25)15-10-21-22-18(15)13-5-3-6-14(20)9-13/h3,5-6,9-10,16H,4,7-8H2,1-2H3,(H,21,22)/t16-/m0/s1. The summed E-state index contributed by atoms with van der Waals surface area (Å²) in [6, 6.07) is 6.06. The summed E-state index contributed by atoms with van der Waals surface area (Å²) in [5, 5.41) is 10.9. The maximum atomic E-state index is 13.6. The van der Waals surface area contributed by atoms with Gasteiger partial charge in [0.25, 0.3) is 5.91 Å². The monoisotopic (exact) mass is 354 g/mol. The summed E-state index contributed by atoms with van der Waals surface area (Å²) in [6.07, 6.45) is 3.28. The minimum atomic E-state index is -0.356. The predicted octanol–water partition coefficient (Wildman–Crippen LogP) is 3.80. The third kappa shape index (κ3) is 2.69. The fraction of sp³-hybridized carbons (Fsp3) is 0.316. The largest absolute Gasteiger partial charge is 0.361 e. The van der Waals surface area contributed by atoms with Gasteiger partial charge in [-0.1, -0.05) is 17.3 Å². The van der Waals surface area contributed by atoms with Crippen LogP contribution in [0.15, 0.2) is 35.0 Å². The van der Waals surface area contributed by atoms with Crippen LogP contribution in [0.5, 0.6) is 0 Å². The number of rotatable bonds is 3. The number of aryl methyl sites for hydroxylation is 2. The zero-order chi connectivity index (χ0) is 18.3. The molecule has 1 N–H and O–H groups in total. The Labute approximate surface area is 150 Å². The molecule has 26 heavy (non-hydrogen) atoms. The van der Waals surface area contributed by atoms with Gasteiger partial charge in [-0.15, -0.1) is 0 Å². The molecule has 1 amide bonds. The number of halogens is 1. The molecule has 3 heterocycles. The highest BCUT2D eigenvalue weighted by Gasteiger charge is 2.35. The molecule has 1 aliphatic heterocycles. The lowest BCUT2D eigenvalue weighted by Crippen LogP contribution is -2.31. The molecule has 1 aromatic carbocycles. The minimum Gasteiger partial charge on any atom is -0.361 e. The van der Waals surface area contributed by atoms with Gasteiger partial charge in [-0.05, 0) is 38.8 Å². The van der Waals surface area contributed by atoms with E-state index in [1.165, 1.54) is 18.3 Å². The number of aromatic amines is 1. The van der Waals surface area contributed by atoms with Crippen molar-refractivity contribution in [2.45, 2.75) is 32.7 Å². The second-order valence-corrected chi connectivity index (χ2v) is 6.56. The number of hydrogen-bond acceptors (Lipinski definition) is 4. The molecule has 0 radical (unpaired) electrons. The predicted molar refractivity (Wildman–Crippen MR) is 93.0 cm³/mol. The molecule has 0 saturated carbocycles. The second kappa shape index (κ2) is 6.40. The molecule has 7 heteroatoms. The van der Waals surface area contributed by atoms with Crippen molar-refractivity contribution in [1.29, 1.82) is 0 Å². The van der Waals surface area contributed by atoms with Crippen LogP contribution in [-0.2, 0) is 0 Å². The second-order valence-electron chi connectivity index (χ2n) is 6.56. The molecule has 1 atom stereocenters. The van der Waals surface area contributed by atoms with Crippen molar-refractivity contribution in [3.8, 4) is 11.3 Å². The summed E-state index contributed by atoms with van der Waals surface area (Å²) in [5.41, 5.74) is 3.35. The van der Waals surface area contributed by atoms with E-state index in [-0.39, 0.29) is 17.8 Å². The van der Waals surface area contributed by atoms with Crippen molar-refractivity contribution in [3.63, 3.8) is 0 Å². The average molecular weight is 354 g/mol. The van der Waals surface area contributed by atoms with Crippen molar-refractivity contribution >= 4 is 5.91 Å². The van der Waals surface area contributed by atoms with E-state index >= 15 is 0 Å². The topological polar surface area (TPSA) is 75.0 Å². The molecule has 2 aromatic heterocycles. The van der Waals surface area contributed by atoms with Crippen LogP contribution in [0, 0.1) is 19.7 Å². The van der Waals surface area contributed by atoms with Crippen LogP contribution < -0.4 is 0 Å². The van der Waals surface area contributed by atoms with Gasteiger partial charge >= 0.3 is 0 Å². The normalized spacial score (nSPS) is 17.0. The van der Waals surface area contributed by atoms with Gasteiger partial charge in [0.2, 0.25) is 0 Å². The summed E-state index contributed by atoms with van der Waals surface area (Å²) < 4.78 is 18.9. The SMILES string of the molecule is Cc1noc(C)c1[C@@H]1CCCN1C(=O)c1cn[nH]c1-c1cccc(F)c1. The molecular weight excluding hydrogens is 335 g/mol. The lowest BCUT2D eigenvalue weighted by molar-refractivity contribution is 0.0735. The van der Waals surface area contributed by atoms with Crippen molar-refractivity contribution in [3.05, 3.63) is 58.9 Å². The van der Waals surface area contributed by atoms with Crippen LogP contribution in [0.3, 0.4) is 0 Å². The number of carbonyl (C=O) groups excluding carboxylic acids is 1. The number of benzene rings is 1. The molecule has 4 rings (SSSR count). The maximum Gasteiger partial charge on any atom is 0.258 e. The van der Waals surface area contributed by atoms with Gasteiger partial charge in [0.05, 0.1) is 29.2 Å². The third-order valence-electron chi connectivity index (χ3n) is 4.92. The highest BCUT2D eigenvalue weighted by atomic mass is 19.1. The summed E-state index contributed by atoms with van der Waals surface area (Å²) in [4.78, 5) is 15.1. The summed E-state index contributed by atoms with van der Waals surface area (Å²) in [5.74, 6) is 0.260. The Morgan fingerprint density at radius 2 is 2.23 bits per heavy atom. The van der Waals surface area contributed by atoms with Gasteiger partial charge in [-0.3, -0.25) is 9.89 Å². The first kappa shape index (κ1) is 16.5. The van der Waals surface area contributed by atoms with Gasteiger partial charge in [-0.2, -0.15) is 5.10 Å². The highest BCUT2D eigenvalue weighted by molar-refractivity contribution is 6.00. The first-order valence-corrected chi connectivity index (χ1v) is 8.59. The fourth-order valence-corrected chi connectivity index (χ4v) is 3.74. The summed E-state index contributed by atoms with van der Waals surface area (Å²) in [7, 11) is 0. The zero-order valence-electron chi connectivity index (χ0n) is 14.6. The molecule has 1 saturated heterocycles. The molecule has 3 aromatic rings. The van der Waals surface area contributed by atoms with Crippen LogP contribution in [0.2, 0.25) is 0 Å². The number of likely N-dealkylation sites (tertiary alicyclic amines) is 1. The van der Waals surface area contributed by atoms with Gasteiger partial charge in [0, 0.05) is 17.7 Å². The van der Waals surface area contributed by atoms with Crippen molar-refractivity contribution < 1.29 is 13.7 Å². The Morgan fingerprint density at radius 1 is 1.38 bits per heavy atom. The Morgan fingerprint density at radius 3 is 2.96 bits per heavy atom. The number of amides is 1. The third-order valence-corrected chi connectivity index (χ3v) is 4.92. The lowest BCUT2D eigenvalue weighted by atomic mass is 10.0. The Hall–Kier alpha value is -2.96. The molecule has 1 aliphatic rings. The number of nitrogens with one attached hydrogen (secondary N) is 1. The molecule has 0 bridgehead atoms. The number of carbonyl (C=O) groups is 1. The van der Waals surface area contributed by atoms with E-state index in [0.29, 0.717) is 23.4 Å². The minimum absolute atomic E-state index is 0.0657. The van der Waals surface area contributed by atoms with E-state index in [1.807, 2.05) is 18.7 Å². The number of H-pyrrole nitrogens is 1. The number of hydrogen-bond donors (Lipinski definition) is 1. The fourth-order valence-electron chi connectivity index (χ4n) is 3.74. The van der Waals surface area contributed by atoms with E-state index in [9.17, 15) is 9.18 Å². The lowest BCUT2D eigenvalue weighted by Gasteiger charge is -2.24. The van der Waals surface area contributed by atoms with E-state index < -0.39 is 0 Å². The van der Waals surface area contributed by atoms with Gasteiger partial charge < -0.3 is 9.42 Å². The van der Waals surface area contributed by atoms with Crippen LogP contribution >= 0.6 is 0 Å². The quantitative estimate of drug-likeness (QED) is 0.776. The van der Waals surface area contributed by atoms with Gasteiger partial charge in [-0.25, -0.2) is 4.39 Å². The maximum absolute atomic E-state index is 13.6. The molecule has 0 unspecified atom stereocenters. The summed E-state index contributed by atoms with van der Waals surface area (Å²) >= 11 is 0. The van der Waals surface area contributed by atoms with Crippen LogP contribution in [0.1, 0.15) is 46.3 Å². The van der Waals surface area contributed by atoms with Crippen LogP contribution in [0.4, 0.5) is 4.39 Å². The molecule has 0 aliphatic carbocycles. The molecule has 6 nitrogen and oxygen atoms in total. The van der Waals surface area contributed by atoms with Crippen molar-refractivity contribution in [2.75, 3.05) is 6.54 Å². The Bertz CT molecular complexity index is 943. The van der Waals surface area contributed by atoms with Crippen molar-refractivity contribution in [2.24, 2.45) is 0 Å². The molecule has 134 valence electrons. The Kier molecular flexibility index (Phi) is 4.06. The van der Waals surface area contributed by atoms with E-state index in [4.69, 9.17) is 4.52 Å². The average Bonchev–Trinajstić information content (AvgIpc) is 3.34. The first-order valence-electron chi connectivity index (χ1n) is 8.59. The number of nitrogens with zero attached hydrogens (tertiary/aromatic N) is 3. The van der Waals surface area contributed by atoms with E-state index in [2.05, 4.69) is 15.4 Å². The first-order chi connectivity index (χ1) is 12.6. The molecular formula is C19H19FN4O2. The molecule has 0 spiro atoms. The number of aromatic nitrogens is 3. The van der Waals surface area contributed by atoms with Gasteiger partial charge in [0.1, 0.15) is 11.6 Å². The van der Waals surface area contributed by atoms with Crippen LogP contribution in [0.25, 0.3) is 11.3 Å². The van der Waals surface area contributed by atoms with Gasteiger partial charge in [0.15, 0.2) is 0 Å².